The summed E-state index contributed by atoms with van der Waals surface area (Å²) >= 11 is -2.08. The molecule has 0 spiro atoms. The van der Waals surface area contributed by atoms with Crippen molar-refractivity contribution in [3.63, 3.8) is 0 Å². The van der Waals surface area contributed by atoms with E-state index in [1.807, 2.05) is 11.5 Å². The fourth-order valence-corrected chi connectivity index (χ4v) is 0.433. The number of hydrogen-bond donors (Lipinski definition) is 0. The Labute approximate surface area is 47.9 Å². The van der Waals surface area contributed by atoms with E-state index >= 15 is 0 Å². The molecule has 0 rings (SSSR count). The zero-order valence-electron chi connectivity index (χ0n) is 5.32. The molecule has 0 saturated carbocycles. The summed E-state index contributed by atoms with van der Waals surface area (Å²) in [4.78, 5) is 0. The Morgan fingerprint density at radius 1 is 1.00 bits per heavy atom. The van der Waals surface area contributed by atoms with E-state index in [1.165, 1.54) is 0 Å². The second-order valence-electron chi connectivity index (χ2n) is 1.81. The second kappa shape index (κ2) is 2.69. The summed E-state index contributed by atoms with van der Waals surface area (Å²) in [5.74, 6) is 4.08. The third-order valence-corrected chi connectivity index (χ3v) is 5.11. The fraction of sp³-hybridized carbons (Fsp3) is 1.00. The molecule has 3 heteroatoms. The third-order valence-electron chi connectivity index (χ3n) is 0.983. The summed E-state index contributed by atoms with van der Waals surface area (Å²) in [6, 6.07) is 0. The fourth-order valence-electron chi connectivity index (χ4n) is 0.0833. The molecule has 0 atom stereocenters. The van der Waals surface area contributed by atoms with Crippen LogP contribution in [0.25, 0.3) is 0 Å². The average molecular weight is 165 g/mol. The van der Waals surface area contributed by atoms with Crippen LogP contribution in [-0.2, 0) is 7.53 Å². The number of rotatable bonds is 2. The molecule has 0 heterocycles. The van der Waals surface area contributed by atoms with Crippen LogP contribution in [0.3, 0.4) is 0 Å². The minimum absolute atomic E-state index is 1.70. The summed E-state index contributed by atoms with van der Waals surface area (Å²) in [7, 11) is 3.40. The molecule has 0 aliphatic rings. The molecule has 0 unspecified atom stereocenters. The molecule has 0 aromatic heterocycles. The first-order valence-corrected chi connectivity index (χ1v) is 8.13. The molecule has 44 valence electrons. The maximum atomic E-state index is 5.05. The molecular weight excluding hydrogens is 153 g/mol. The van der Waals surface area contributed by atoms with Crippen LogP contribution >= 0.6 is 0 Å². The second-order valence-corrected chi connectivity index (χ2v) is 9.40. The Morgan fingerprint density at radius 3 is 1.29 bits per heavy atom. The summed E-state index contributed by atoms with van der Waals surface area (Å²) < 4.78 is 10.1. The number of hydrogen-bond acceptors (Lipinski definition) is 2. The third kappa shape index (κ3) is 3.08. The van der Waals surface area contributed by atoms with Gasteiger partial charge in [0.15, 0.2) is 0 Å². The molecule has 0 fully saturated rings. The van der Waals surface area contributed by atoms with Crippen LogP contribution in [0.1, 0.15) is 0 Å². The van der Waals surface area contributed by atoms with Gasteiger partial charge in [-0.05, 0) is 0 Å². The zero-order valence-corrected chi connectivity index (χ0v) is 7.41. The molecule has 0 N–H and O–H groups in total. The van der Waals surface area contributed by atoms with E-state index in [0.717, 1.165) is 0 Å². The normalized spacial score (nSPS) is 12.0. The molecular formula is C4H12GeO2. The van der Waals surface area contributed by atoms with Gasteiger partial charge in [-0.1, -0.05) is 0 Å². The Hall–Kier alpha value is 0.463. The van der Waals surface area contributed by atoms with Crippen molar-refractivity contribution in [2.24, 2.45) is 0 Å². The summed E-state index contributed by atoms with van der Waals surface area (Å²) in [5.41, 5.74) is 0. The molecule has 0 aliphatic heterocycles. The average Bonchev–Trinajstić information content (AvgIpc) is 1.68. The van der Waals surface area contributed by atoms with Gasteiger partial charge in [-0.25, -0.2) is 0 Å². The van der Waals surface area contributed by atoms with Crippen molar-refractivity contribution in [3.05, 3.63) is 0 Å². The predicted molar refractivity (Wildman–Crippen MR) is 31.5 cm³/mol. The quantitative estimate of drug-likeness (QED) is 0.567. The first-order valence-electron chi connectivity index (χ1n) is 2.22. The van der Waals surface area contributed by atoms with Crippen molar-refractivity contribution in [1.82, 2.24) is 0 Å². The van der Waals surface area contributed by atoms with E-state index in [1.54, 1.807) is 14.2 Å². The van der Waals surface area contributed by atoms with Gasteiger partial charge in [0, 0.05) is 0 Å². The van der Waals surface area contributed by atoms with Crippen molar-refractivity contribution in [2.75, 3.05) is 14.2 Å². The van der Waals surface area contributed by atoms with Gasteiger partial charge in [-0.15, -0.1) is 0 Å². The minimum atomic E-state index is -2.08. The molecule has 0 saturated heterocycles. The van der Waals surface area contributed by atoms with Gasteiger partial charge < -0.3 is 0 Å². The molecule has 0 aromatic carbocycles. The van der Waals surface area contributed by atoms with Gasteiger partial charge in [0.1, 0.15) is 0 Å². The first-order chi connectivity index (χ1) is 3.12. The molecule has 2 nitrogen and oxygen atoms in total. The van der Waals surface area contributed by atoms with Gasteiger partial charge in [-0.3, -0.25) is 0 Å². The monoisotopic (exact) mass is 166 g/mol. The molecule has 0 aliphatic carbocycles. The summed E-state index contributed by atoms with van der Waals surface area (Å²) in [5, 5.41) is 0. The van der Waals surface area contributed by atoms with E-state index in [4.69, 9.17) is 7.53 Å². The van der Waals surface area contributed by atoms with Crippen LogP contribution < -0.4 is 0 Å². The van der Waals surface area contributed by atoms with Crippen molar-refractivity contribution >= 4 is 13.9 Å². The predicted octanol–water partition coefficient (Wildman–Crippen LogP) is 0.981. The zero-order chi connectivity index (χ0) is 5.91. The molecule has 7 heavy (non-hydrogen) atoms. The van der Waals surface area contributed by atoms with Crippen molar-refractivity contribution < 1.29 is 7.53 Å². The van der Waals surface area contributed by atoms with Crippen LogP contribution in [-0.4, -0.2) is 28.2 Å². The van der Waals surface area contributed by atoms with Crippen LogP contribution in [0, 0.1) is 0 Å². The maximum absolute atomic E-state index is 5.05. The van der Waals surface area contributed by atoms with Crippen LogP contribution in [0.2, 0.25) is 11.5 Å². The van der Waals surface area contributed by atoms with Gasteiger partial charge in [0.2, 0.25) is 0 Å². The Morgan fingerprint density at radius 2 is 1.29 bits per heavy atom. The SMILES string of the molecule is C[O][Ge]([CH3])([CH3])[O]C. The van der Waals surface area contributed by atoms with E-state index in [9.17, 15) is 0 Å². The van der Waals surface area contributed by atoms with Crippen LogP contribution in [0.4, 0.5) is 0 Å². The van der Waals surface area contributed by atoms with Gasteiger partial charge in [0.25, 0.3) is 0 Å². The molecule has 0 aromatic rings. The van der Waals surface area contributed by atoms with E-state index in [2.05, 4.69) is 0 Å². The summed E-state index contributed by atoms with van der Waals surface area (Å²) in [6.45, 7) is 0. The molecule has 0 bridgehead atoms. The van der Waals surface area contributed by atoms with Gasteiger partial charge in [0.05, 0.1) is 0 Å². The van der Waals surface area contributed by atoms with Crippen molar-refractivity contribution in [3.8, 4) is 0 Å². The Bertz CT molecular complexity index is 47.7. The van der Waals surface area contributed by atoms with E-state index in [-0.39, 0.29) is 0 Å². The summed E-state index contributed by atoms with van der Waals surface area (Å²) in [6.07, 6.45) is 0. The van der Waals surface area contributed by atoms with Crippen molar-refractivity contribution in [1.29, 1.82) is 0 Å². The van der Waals surface area contributed by atoms with Gasteiger partial charge in [-0.2, -0.15) is 0 Å². The first kappa shape index (κ1) is 7.46. The molecule has 0 amide bonds. The van der Waals surface area contributed by atoms with E-state index < -0.39 is 13.9 Å². The standard InChI is InChI=1S/C4H12GeO2/c1-5(2,6-3)7-4/h1-4H3. The molecule has 0 radical (unpaired) electrons. The van der Waals surface area contributed by atoms with Gasteiger partial charge >= 0.3 is 47.2 Å². The Kier molecular flexibility index (Phi) is 2.87. The Balaban J connectivity index is 3.36. The van der Waals surface area contributed by atoms with Crippen molar-refractivity contribution in [2.45, 2.75) is 11.5 Å². The van der Waals surface area contributed by atoms with Crippen LogP contribution in [0.15, 0.2) is 0 Å². The van der Waals surface area contributed by atoms with E-state index in [0.29, 0.717) is 0 Å². The topological polar surface area (TPSA) is 18.5 Å². The van der Waals surface area contributed by atoms with Crippen LogP contribution in [0.5, 0.6) is 0 Å².